The minimum Gasteiger partial charge on any atom is -0.463 e. The van der Waals surface area contributed by atoms with Crippen LogP contribution in [-0.4, -0.2) is 18.6 Å². The standard InChI is InChI=1S/C10H21NO2/c1-5-10(6-2,7-11)9(12)13-8(3)4/h8H,5-7,11H2,1-4H3. The smallest absolute Gasteiger partial charge is 0.313 e. The molecule has 0 saturated heterocycles. The summed E-state index contributed by atoms with van der Waals surface area (Å²) in [4.78, 5) is 11.7. The number of esters is 1. The lowest BCUT2D eigenvalue weighted by molar-refractivity contribution is -0.159. The maximum Gasteiger partial charge on any atom is 0.313 e. The van der Waals surface area contributed by atoms with Gasteiger partial charge in [-0.3, -0.25) is 4.79 Å². The molecule has 0 aliphatic carbocycles. The van der Waals surface area contributed by atoms with Crippen LogP contribution in [-0.2, 0) is 9.53 Å². The van der Waals surface area contributed by atoms with Crippen molar-refractivity contribution in [2.24, 2.45) is 11.1 Å². The van der Waals surface area contributed by atoms with Gasteiger partial charge < -0.3 is 10.5 Å². The lowest BCUT2D eigenvalue weighted by atomic mass is 9.82. The highest BCUT2D eigenvalue weighted by molar-refractivity contribution is 5.77. The Morgan fingerprint density at radius 3 is 2.08 bits per heavy atom. The summed E-state index contributed by atoms with van der Waals surface area (Å²) in [6.45, 7) is 8.01. The molecule has 0 bridgehead atoms. The molecule has 0 fully saturated rings. The van der Waals surface area contributed by atoms with Crippen molar-refractivity contribution < 1.29 is 9.53 Å². The van der Waals surface area contributed by atoms with Crippen LogP contribution in [0, 0.1) is 5.41 Å². The van der Waals surface area contributed by atoms with Crippen molar-refractivity contribution in [3.05, 3.63) is 0 Å². The van der Waals surface area contributed by atoms with Crippen molar-refractivity contribution in [2.45, 2.75) is 46.6 Å². The first-order valence-electron chi connectivity index (χ1n) is 4.93. The van der Waals surface area contributed by atoms with Crippen molar-refractivity contribution in [3.8, 4) is 0 Å². The summed E-state index contributed by atoms with van der Waals surface area (Å²) in [7, 11) is 0. The van der Waals surface area contributed by atoms with Crippen LogP contribution in [0.25, 0.3) is 0 Å². The van der Waals surface area contributed by atoms with Gasteiger partial charge in [0.25, 0.3) is 0 Å². The number of hydrogen-bond donors (Lipinski definition) is 1. The van der Waals surface area contributed by atoms with E-state index in [2.05, 4.69) is 0 Å². The normalized spacial score (nSPS) is 11.8. The van der Waals surface area contributed by atoms with E-state index in [1.54, 1.807) is 0 Å². The molecule has 0 aliphatic rings. The minimum absolute atomic E-state index is 0.0588. The van der Waals surface area contributed by atoms with Crippen LogP contribution >= 0.6 is 0 Å². The largest absolute Gasteiger partial charge is 0.463 e. The third kappa shape index (κ3) is 2.99. The number of carbonyl (C=O) groups is 1. The van der Waals surface area contributed by atoms with Gasteiger partial charge in [0, 0.05) is 6.54 Å². The predicted molar refractivity (Wildman–Crippen MR) is 53.3 cm³/mol. The van der Waals surface area contributed by atoms with E-state index in [1.165, 1.54) is 0 Å². The van der Waals surface area contributed by atoms with Crippen LogP contribution in [0.4, 0.5) is 0 Å². The van der Waals surface area contributed by atoms with Gasteiger partial charge in [0.15, 0.2) is 0 Å². The first-order chi connectivity index (χ1) is 6.02. The summed E-state index contributed by atoms with van der Waals surface area (Å²) in [5.41, 5.74) is 5.14. The molecule has 78 valence electrons. The van der Waals surface area contributed by atoms with Gasteiger partial charge in [-0.2, -0.15) is 0 Å². The zero-order chi connectivity index (χ0) is 10.5. The second-order valence-electron chi connectivity index (χ2n) is 3.65. The lowest BCUT2D eigenvalue weighted by Crippen LogP contribution is -2.40. The zero-order valence-electron chi connectivity index (χ0n) is 9.09. The Morgan fingerprint density at radius 2 is 1.85 bits per heavy atom. The second kappa shape index (κ2) is 5.22. The summed E-state index contributed by atoms with van der Waals surface area (Å²) < 4.78 is 5.17. The number of ether oxygens (including phenoxy) is 1. The van der Waals surface area contributed by atoms with Crippen molar-refractivity contribution >= 4 is 5.97 Å². The third-order valence-corrected chi connectivity index (χ3v) is 2.52. The van der Waals surface area contributed by atoms with Gasteiger partial charge in [-0.15, -0.1) is 0 Å². The lowest BCUT2D eigenvalue weighted by Gasteiger charge is -2.28. The van der Waals surface area contributed by atoms with Gasteiger partial charge in [0.1, 0.15) is 0 Å². The highest BCUT2D eigenvalue weighted by Crippen LogP contribution is 2.26. The molecule has 0 rings (SSSR count). The topological polar surface area (TPSA) is 52.3 Å². The fourth-order valence-electron chi connectivity index (χ4n) is 1.25. The van der Waals surface area contributed by atoms with E-state index in [4.69, 9.17) is 10.5 Å². The molecular weight excluding hydrogens is 166 g/mol. The summed E-state index contributed by atoms with van der Waals surface area (Å²) in [5.74, 6) is -0.157. The van der Waals surface area contributed by atoms with Gasteiger partial charge >= 0.3 is 5.97 Å². The summed E-state index contributed by atoms with van der Waals surface area (Å²) in [6, 6.07) is 0. The maximum atomic E-state index is 11.7. The minimum atomic E-state index is -0.468. The Bertz CT molecular complexity index is 154. The number of nitrogens with two attached hydrogens (primary N) is 1. The van der Waals surface area contributed by atoms with E-state index in [-0.39, 0.29) is 12.1 Å². The van der Waals surface area contributed by atoms with Crippen LogP contribution < -0.4 is 5.73 Å². The van der Waals surface area contributed by atoms with E-state index in [9.17, 15) is 4.79 Å². The molecule has 0 heterocycles. The molecule has 0 spiro atoms. The Labute approximate surface area is 80.6 Å². The van der Waals surface area contributed by atoms with Crippen molar-refractivity contribution in [1.29, 1.82) is 0 Å². The van der Waals surface area contributed by atoms with E-state index in [0.717, 1.165) is 12.8 Å². The number of hydrogen-bond acceptors (Lipinski definition) is 3. The highest BCUT2D eigenvalue weighted by Gasteiger charge is 2.35. The summed E-state index contributed by atoms with van der Waals surface area (Å²) in [5, 5.41) is 0. The van der Waals surface area contributed by atoms with Crippen LogP contribution in [0.15, 0.2) is 0 Å². The van der Waals surface area contributed by atoms with Crippen molar-refractivity contribution in [3.63, 3.8) is 0 Å². The Balaban J connectivity index is 4.44. The average molecular weight is 187 g/mol. The van der Waals surface area contributed by atoms with E-state index in [1.807, 2.05) is 27.7 Å². The van der Waals surface area contributed by atoms with E-state index >= 15 is 0 Å². The van der Waals surface area contributed by atoms with Crippen LogP contribution in [0.1, 0.15) is 40.5 Å². The summed E-state index contributed by atoms with van der Waals surface area (Å²) in [6.07, 6.45) is 1.42. The molecule has 0 atom stereocenters. The van der Waals surface area contributed by atoms with Gasteiger partial charge in [0.05, 0.1) is 11.5 Å². The fraction of sp³-hybridized carbons (Fsp3) is 0.900. The Morgan fingerprint density at radius 1 is 1.38 bits per heavy atom. The number of carbonyl (C=O) groups excluding carboxylic acids is 1. The van der Waals surface area contributed by atoms with Crippen molar-refractivity contribution in [2.75, 3.05) is 6.54 Å². The van der Waals surface area contributed by atoms with Crippen LogP contribution in [0.5, 0.6) is 0 Å². The van der Waals surface area contributed by atoms with E-state index < -0.39 is 5.41 Å². The molecular formula is C10H21NO2. The molecule has 3 nitrogen and oxygen atoms in total. The zero-order valence-corrected chi connectivity index (χ0v) is 9.09. The Kier molecular flexibility index (Phi) is 4.99. The average Bonchev–Trinajstić information content (AvgIpc) is 2.07. The Hall–Kier alpha value is -0.570. The second-order valence-corrected chi connectivity index (χ2v) is 3.65. The van der Waals surface area contributed by atoms with Crippen LogP contribution in [0.2, 0.25) is 0 Å². The first-order valence-corrected chi connectivity index (χ1v) is 4.93. The molecule has 0 aromatic rings. The predicted octanol–water partition coefficient (Wildman–Crippen LogP) is 1.70. The molecule has 0 unspecified atom stereocenters. The monoisotopic (exact) mass is 187 g/mol. The van der Waals surface area contributed by atoms with Gasteiger partial charge in [-0.05, 0) is 26.7 Å². The van der Waals surface area contributed by atoms with Gasteiger partial charge in [-0.1, -0.05) is 13.8 Å². The van der Waals surface area contributed by atoms with Crippen LogP contribution in [0.3, 0.4) is 0 Å². The fourth-order valence-corrected chi connectivity index (χ4v) is 1.25. The molecule has 0 radical (unpaired) electrons. The molecule has 3 heteroatoms. The molecule has 2 N–H and O–H groups in total. The molecule has 0 aromatic carbocycles. The molecule has 0 aliphatic heterocycles. The van der Waals surface area contributed by atoms with E-state index in [0.29, 0.717) is 6.54 Å². The van der Waals surface area contributed by atoms with Gasteiger partial charge in [0.2, 0.25) is 0 Å². The first kappa shape index (κ1) is 12.4. The molecule has 0 aromatic heterocycles. The molecule has 13 heavy (non-hydrogen) atoms. The number of rotatable bonds is 5. The molecule has 0 saturated carbocycles. The highest BCUT2D eigenvalue weighted by atomic mass is 16.5. The van der Waals surface area contributed by atoms with Crippen molar-refractivity contribution in [1.82, 2.24) is 0 Å². The SMILES string of the molecule is CCC(CC)(CN)C(=O)OC(C)C. The maximum absolute atomic E-state index is 11.7. The quantitative estimate of drug-likeness (QED) is 0.666. The summed E-state index contributed by atoms with van der Waals surface area (Å²) >= 11 is 0. The third-order valence-electron chi connectivity index (χ3n) is 2.52. The molecule has 0 amide bonds. The van der Waals surface area contributed by atoms with Gasteiger partial charge in [-0.25, -0.2) is 0 Å².